The van der Waals surface area contributed by atoms with Crippen molar-refractivity contribution >= 4 is 28.9 Å². The summed E-state index contributed by atoms with van der Waals surface area (Å²) in [6.07, 6.45) is 1.85. The van der Waals surface area contributed by atoms with E-state index in [1.165, 1.54) is 12.0 Å². The first-order valence-electron chi connectivity index (χ1n) is 10.8. The minimum Gasteiger partial charge on any atom is -0.467 e. The first-order chi connectivity index (χ1) is 14.9. The van der Waals surface area contributed by atoms with E-state index in [-0.39, 0.29) is 18.2 Å². The van der Waals surface area contributed by atoms with Gasteiger partial charge >= 0.3 is 12.1 Å². The van der Waals surface area contributed by atoms with Crippen LogP contribution in [0.5, 0.6) is 0 Å². The Hall–Kier alpha value is -3.03. The molecule has 0 unspecified atom stereocenters. The Labute approximate surface area is 189 Å². The average Bonchev–Trinajstić information content (AvgIpc) is 3.11. The van der Waals surface area contributed by atoms with Gasteiger partial charge in [-0.25, -0.2) is 9.59 Å². The lowest BCUT2D eigenvalue weighted by Gasteiger charge is -2.31. The molecule has 1 aromatic heterocycles. The number of hydrogen-bond acceptors (Lipinski definition) is 5. The normalized spacial score (nSPS) is 13.5. The molecule has 1 heterocycles. The highest BCUT2D eigenvalue weighted by atomic mass is 16.6. The summed E-state index contributed by atoms with van der Waals surface area (Å²) in [7, 11) is 2.86. The molecule has 0 saturated carbocycles. The maximum atomic E-state index is 13.4. The van der Waals surface area contributed by atoms with Crippen molar-refractivity contribution in [3.63, 3.8) is 0 Å². The van der Waals surface area contributed by atoms with Gasteiger partial charge in [0.15, 0.2) is 0 Å². The van der Waals surface area contributed by atoms with Gasteiger partial charge < -0.3 is 24.7 Å². The molecule has 0 bridgehead atoms. The van der Waals surface area contributed by atoms with Crippen LogP contribution in [-0.4, -0.2) is 59.7 Å². The second kappa shape index (κ2) is 10.5. The molecule has 0 spiro atoms. The maximum absolute atomic E-state index is 13.4. The molecule has 176 valence electrons. The number of esters is 1. The van der Waals surface area contributed by atoms with Crippen molar-refractivity contribution in [2.45, 2.75) is 65.1 Å². The van der Waals surface area contributed by atoms with Gasteiger partial charge in [-0.05, 0) is 44.7 Å². The summed E-state index contributed by atoms with van der Waals surface area (Å²) in [6, 6.07) is 6.08. The van der Waals surface area contributed by atoms with Crippen molar-refractivity contribution in [1.29, 1.82) is 0 Å². The lowest BCUT2D eigenvalue weighted by molar-refractivity contribution is -0.152. The van der Waals surface area contributed by atoms with Crippen molar-refractivity contribution in [1.82, 2.24) is 15.2 Å². The molecule has 32 heavy (non-hydrogen) atoms. The summed E-state index contributed by atoms with van der Waals surface area (Å²) >= 11 is 0. The summed E-state index contributed by atoms with van der Waals surface area (Å²) in [5.74, 6) is -0.760. The number of rotatable bonds is 8. The molecule has 8 heteroatoms. The smallest absolute Gasteiger partial charge is 0.408 e. The molecule has 2 rings (SSSR count). The van der Waals surface area contributed by atoms with Crippen LogP contribution < -0.4 is 5.32 Å². The number of ether oxygens (including phenoxy) is 2. The van der Waals surface area contributed by atoms with Crippen molar-refractivity contribution in [2.24, 2.45) is 5.92 Å². The number of methoxy groups -OCH3 is 1. The summed E-state index contributed by atoms with van der Waals surface area (Å²) < 4.78 is 10.3. The number of benzene rings is 1. The monoisotopic (exact) mass is 445 g/mol. The molecule has 0 aliphatic heterocycles. The average molecular weight is 446 g/mol. The van der Waals surface area contributed by atoms with Crippen LogP contribution in [0.3, 0.4) is 0 Å². The Kier molecular flexibility index (Phi) is 8.30. The highest BCUT2D eigenvalue weighted by Gasteiger charge is 2.34. The van der Waals surface area contributed by atoms with Gasteiger partial charge in [-0.1, -0.05) is 32.0 Å². The van der Waals surface area contributed by atoms with Gasteiger partial charge in [0.2, 0.25) is 5.91 Å². The third-order valence-electron chi connectivity index (χ3n) is 5.07. The second-order valence-corrected chi connectivity index (χ2v) is 9.38. The summed E-state index contributed by atoms with van der Waals surface area (Å²) in [5, 5.41) is 3.65. The molecular formula is C24H35N3O5. The van der Waals surface area contributed by atoms with Crippen LogP contribution in [0.25, 0.3) is 10.9 Å². The van der Waals surface area contributed by atoms with E-state index >= 15 is 0 Å². The Balaban J connectivity index is 2.26. The van der Waals surface area contributed by atoms with E-state index in [1.54, 1.807) is 27.8 Å². The molecule has 0 saturated heterocycles. The SMILES string of the molecule is COC(=O)[C@H](Cc1c[nH]c2ccccc12)N(C)C(=O)[C@H](CC(C)C)NC(=O)OC(C)(C)C. The number of H-pyrrole nitrogens is 1. The zero-order valence-electron chi connectivity index (χ0n) is 20.0. The van der Waals surface area contributed by atoms with Crippen LogP contribution in [0.1, 0.15) is 46.6 Å². The number of hydrogen-bond donors (Lipinski definition) is 2. The Morgan fingerprint density at radius 3 is 2.41 bits per heavy atom. The van der Waals surface area contributed by atoms with Gasteiger partial charge in [-0.15, -0.1) is 0 Å². The molecule has 2 amide bonds. The number of amides is 2. The van der Waals surface area contributed by atoms with E-state index in [0.717, 1.165) is 16.5 Å². The first kappa shape index (κ1) is 25.2. The van der Waals surface area contributed by atoms with Gasteiger partial charge in [0, 0.05) is 30.6 Å². The third-order valence-corrected chi connectivity index (χ3v) is 5.07. The number of carbonyl (C=O) groups is 3. The molecule has 0 aliphatic carbocycles. The van der Waals surface area contributed by atoms with Crippen LogP contribution in [-0.2, 0) is 25.5 Å². The van der Waals surface area contributed by atoms with Gasteiger partial charge in [0.05, 0.1) is 7.11 Å². The number of nitrogens with one attached hydrogen (secondary N) is 2. The molecular weight excluding hydrogens is 410 g/mol. The van der Waals surface area contributed by atoms with Crippen molar-refractivity contribution in [3.8, 4) is 0 Å². The largest absolute Gasteiger partial charge is 0.467 e. The Morgan fingerprint density at radius 2 is 1.81 bits per heavy atom. The van der Waals surface area contributed by atoms with Crippen LogP contribution >= 0.6 is 0 Å². The molecule has 1 aromatic carbocycles. The lowest BCUT2D eigenvalue weighted by Crippen LogP contribution is -2.54. The van der Waals surface area contributed by atoms with Gasteiger partial charge in [0.1, 0.15) is 17.7 Å². The molecule has 0 fully saturated rings. The summed E-state index contributed by atoms with van der Waals surface area (Å²) in [4.78, 5) is 42.9. The fourth-order valence-corrected chi connectivity index (χ4v) is 3.57. The van der Waals surface area contributed by atoms with Gasteiger partial charge in [-0.3, -0.25) is 4.79 Å². The van der Waals surface area contributed by atoms with E-state index < -0.39 is 29.7 Å². The maximum Gasteiger partial charge on any atom is 0.408 e. The molecule has 2 atom stereocenters. The van der Waals surface area contributed by atoms with E-state index in [4.69, 9.17) is 9.47 Å². The van der Waals surface area contributed by atoms with Crippen LogP contribution in [0.4, 0.5) is 4.79 Å². The van der Waals surface area contributed by atoms with E-state index in [9.17, 15) is 14.4 Å². The standard InChI is InChI=1S/C24H35N3O5/c1-15(2)12-19(26-23(30)32-24(3,4)5)21(28)27(6)20(22(29)31-7)13-16-14-25-18-11-9-8-10-17(16)18/h8-11,14-15,19-20,25H,12-13H2,1-7H3,(H,26,30)/t19-,20-/m0/s1. The fraction of sp³-hybridized carbons (Fsp3) is 0.542. The topological polar surface area (TPSA) is 101 Å². The minimum absolute atomic E-state index is 0.137. The van der Waals surface area contributed by atoms with Gasteiger partial charge in [0.25, 0.3) is 0 Å². The zero-order valence-corrected chi connectivity index (χ0v) is 20.0. The van der Waals surface area contributed by atoms with Crippen molar-refractivity contribution in [3.05, 3.63) is 36.0 Å². The highest BCUT2D eigenvalue weighted by Crippen LogP contribution is 2.21. The number of para-hydroxylation sites is 1. The van der Waals surface area contributed by atoms with Crippen LogP contribution in [0.15, 0.2) is 30.5 Å². The second-order valence-electron chi connectivity index (χ2n) is 9.38. The van der Waals surface area contributed by atoms with Crippen LogP contribution in [0.2, 0.25) is 0 Å². The Morgan fingerprint density at radius 1 is 1.16 bits per heavy atom. The predicted molar refractivity (Wildman–Crippen MR) is 123 cm³/mol. The molecule has 0 radical (unpaired) electrons. The number of fused-ring (bicyclic) bond motifs is 1. The number of aromatic amines is 1. The van der Waals surface area contributed by atoms with Gasteiger partial charge in [-0.2, -0.15) is 0 Å². The van der Waals surface area contributed by atoms with E-state index in [2.05, 4.69) is 10.3 Å². The Bertz CT molecular complexity index is 945. The first-order valence-corrected chi connectivity index (χ1v) is 10.8. The molecule has 0 aliphatic rings. The van der Waals surface area contributed by atoms with E-state index in [1.807, 2.05) is 44.3 Å². The van der Waals surface area contributed by atoms with Crippen LogP contribution in [0, 0.1) is 5.92 Å². The van der Waals surface area contributed by atoms with Crippen molar-refractivity contribution in [2.75, 3.05) is 14.2 Å². The third kappa shape index (κ3) is 6.73. The predicted octanol–water partition coefficient (Wildman–Crippen LogP) is 3.65. The molecule has 2 aromatic rings. The highest BCUT2D eigenvalue weighted by molar-refractivity contribution is 5.90. The van der Waals surface area contributed by atoms with Crippen molar-refractivity contribution < 1.29 is 23.9 Å². The summed E-state index contributed by atoms with van der Waals surface area (Å²) in [6.45, 7) is 9.19. The number of nitrogens with zero attached hydrogens (tertiary/aromatic N) is 1. The fourth-order valence-electron chi connectivity index (χ4n) is 3.57. The number of alkyl carbamates (subject to hydrolysis) is 1. The number of aromatic nitrogens is 1. The number of likely N-dealkylation sites (N-methyl/N-ethyl adjacent to an activating group) is 1. The summed E-state index contributed by atoms with van der Waals surface area (Å²) in [5.41, 5.74) is 1.16. The minimum atomic E-state index is -0.846. The van der Waals surface area contributed by atoms with E-state index in [0.29, 0.717) is 6.42 Å². The number of carbonyl (C=O) groups excluding carboxylic acids is 3. The zero-order chi connectivity index (χ0) is 24.1. The quantitative estimate of drug-likeness (QED) is 0.604. The molecule has 8 nitrogen and oxygen atoms in total. The lowest BCUT2D eigenvalue weighted by atomic mass is 10.00. The molecule has 2 N–H and O–H groups in total.